The van der Waals surface area contributed by atoms with Crippen molar-refractivity contribution >= 4 is 17.7 Å². The predicted octanol–water partition coefficient (Wildman–Crippen LogP) is 2.51. The highest BCUT2D eigenvalue weighted by Crippen LogP contribution is 2.20. The van der Waals surface area contributed by atoms with Gasteiger partial charge in [-0.1, -0.05) is 32.0 Å². The van der Waals surface area contributed by atoms with Gasteiger partial charge in [0.15, 0.2) is 5.16 Å². The van der Waals surface area contributed by atoms with Crippen molar-refractivity contribution in [1.29, 1.82) is 0 Å². The molecular formula is C15H25N3O2S. The summed E-state index contributed by atoms with van der Waals surface area (Å²) in [6.07, 6.45) is 2.55. The highest BCUT2D eigenvalue weighted by atomic mass is 32.2. The lowest BCUT2D eigenvalue weighted by Gasteiger charge is -2.26. The third-order valence-electron chi connectivity index (χ3n) is 3.28. The van der Waals surface area contributed by atoms with Crippen molar-refractivity contribution in [2.45, 2.75) is 69.8 Å². The second-order valence-corrected chi connectivity index (χ2v) is 7.11. The van der Waals surface area contributed by atoms with Crippen molar-refractivity contribution in [2.24, 2.45) is 0 Å². The van der Waals surface area contributed by atoms with Gasteiger partial charge in [-0.25, -0.2) is 4.98 Å². The van der Waals surface area contributed by atoms with Crippen LogP contribution in [0, 0.1) is 0 Å². The van der Waals surface area contributed by atoms with Gasteiger partial charge in [0, 0.05) is 17.3 Å². The molecule has 0 aliphatic rings. The van der Waals surface area contributed by atoms with E-state index in [0.29, 0.717) is 5.16 Å². The standard InChI is InChI=1S/C15H25N3O2S/c1-6-8-11-9-12(19)17-14(16-11)21-10(3)13(20)18-15(4,5)7-2/h9-10H,6-8H2,1-5H3,(H,18,20)(H,16,17,19). The van der Waals surface area contributed by atoms with Gasteiger partial charge in [-0.2, -0.15) is 0 Å². The van der Waals surface area contributed by atoms with Crippen molar-refractivity contribution in [3.05, 3.63) is 22.1 Å². The van der Waals surface area contributed by atoms with Crippen LogP contribution in [0.2, 0.25) is 0 Å². The number of hydrogen-bond acceptors (Lipinski definition) is 4. The number of H-pyrrole nitrogens is 1. The maximum absolute atomic E-state index is 12.2. The second-order valence-electron chi connectivity index (χ2n) is 5.78. The lowest BCUT2D eigenvalue weighted by Crippen LogP contribution is -2.46. The van der Waals surface area contributed by atoms with Crippen LogP contribution >= 0.6 is 11.8 Å². The van der Waals surface area contributed by atoms with E-state index in [4.69, 9.17) is 0 Å². The number of rotatable bonds is 7. The Balaban J connectivity index is 2.76. The number of aromatic nitrogens is 2. The molecule has 0 saturated carbocycles. The number of carbonyl (C=O) groups excluding carboxylic acids is 1. The molecule has 1 atom stereocenters. The highest BCUT2D eigenvalue weighted by Gasteiger charge is 2.23. The summed E-state index contributed by atoms with van der Waals surface area (Å²) in [7, 11) is 0. The molecule has 5 nitrogen and oxygen atoms in total. The van der Waals surface area contributed by atoms with E-state index in [-0.39, 0.29) is 22.3 Å². The summed E-state index contributed by atoms with van der Waals surface area (Å²) in [6.45, 7) is 9.87. The van der Waals surface area contributed by atoms with E-state index in [2.05, 4.69) is 15.3 Å². The van der Waals surface area contributed by atoms with Gasteiger partial charge in [-0.3, -0.25) is 9.59 Å². The molecule has 1 unspecified atom stereocenters. The fourth-order valence-electron chi connectivity index (χ4n) is 1.67. The normalized spacial score (nSPS) is 13.0. The van der Waals surface area contributed by atoms with Gasteiger partial charge in [-0.15, -0.1) is 0 Å². The van der Waals surface area contributed by atoms with Crippen LogP contribution < -0.4 is 10.9 Å². The molecule has 6 heteroatoms. The van der Waals surface area contributed by atoms with Gasteiger partial charge < -0.3 is 10.3 Å². The molecular weight excluding hydrogens is 286 g/mol. The molecule has 0 aromatic carbocycles. The Hall–Kier alpha value is -1.30. The van der Waals surface area contributed by atoms with E-state index in [1.807, 2.05) is 34.6 Å². The quantitative estimate of drug-likeness (QED) is 0.599. The molecule has 0 radical (unpaired) electrons. The number of hydrogen-bond donors (Lipinski definition) is 2. The summed E-state index contributed by atoms with van der Waals surface area (Å²) in [5.41, 5.74) is 0.374. The van der Waals surface area contributed by atoms with Gasteiger partial charge in [0.1, 0.15) is 0 Å². The van der Waals surface area contributed by atoms with Crippen molar-refractivity contribution < 1.29 is 4.79 Å². The average Bonchev–Trinajstić information content (AvgIpc) is 2.37. The first-order valence-electron chi connectivity index (χ1n) is 7.36. The van der Waals surface area contributed by atoms with Crippen LogP contribution in [0.5, 0.6) is 0 Å². The minimum absolute atomic E-state index is 0.0459. The van der Waals surface area contributed by atoms with Crippen molar-refractivity contribution in [3.63, 3.8) is 0 Å². The molecule has 2 N–H and O–H groups in total. The Morgan fingerprint density at radius 1 is 1.48 bits per heavy atom. The minimum Gasteiger partial charge on any atom is -0.350 e. The molecule has 1 amide bonds. The Labute approximate surface area is 130 Å². The van der Waals surface area contributed by atoms with Crippen LogP contribution in [0.3, 0.4) is 0 Å². The number of carbonyl (C=O) groups is 1. The maximum Gasteiger partial charge on any atom is 0.251 e. The largest absolute Gasteiger partial charge is 0.350 e. The smallest absolute Gasteiger partial charge is 0.251 e. The fourth-order valence-corrected chi connectivity index (χ4v) is 2.50. The molecule has 1 rings (SSSR count). The van der Waals surface area contributed by atoms with Crippen LogP contribution in [0.4, 0.5) is 0 Å². The Bertz CT molecular complexity index is 540. The zero-order valence-electron chi connectivity index (χ0n) is 13.4. The molecule has 0 bridgehead atoms. The number of nitrogens with zero attached hydrogens (tertiary/aromatic N) is 1. The fraction of sp³-hybridized carbons (Fsp3) is 0.667. The first-order chi connectivity index (χ1) is 9.77. The molecule has 21 heavy (non-hydrogen) atoms. The molecule has 1 aromatic heterocycles. The lowest BCUT2D eigenvalue weighted by molar-refractivity contribution is -0.121. The molecule has 1 heterocycles. The molecule has 0 fully saturated rings. The molecule has 1 aromatic rings. The monoisotopic (exact) mass is 311 g/mol. The SMILES string of the molecule is CCCc1cc(=O)[nH]c(SC(C)C(=O)NC(C)(C)CC)n1. The van der Waals surface area contributed by atoms with Crippen LogP contribution in [-0.2, 0) is 11.2 Å². The van der Waals surface area contributed by atoms with E-state index < -0.39 is 0 Å². The van der Waals surface area contributed by atoms with Crippen LogP contribution in [0.15, 0.2) is 16.0 Å². The minimum atomic E-state index is -0.309. The van der Waals surface area contributed by atoms with Crippen LogP contribution in [0.25, 0.3) is 0 Å². The van der Waals surface area contributed by atoms with Gasteiger partial charge in [0.25, 0.3) is 5.56 Å². The zero-order valence-corrected chi connectivity index (χ0v) is 14.3. The average molecular weight is 311 g/mol. The second kappa shape index (κ2) is 7.64. The van der Waals surface area contributed by atoms with Crippen molar-refractivity contribution in [1.82, 2.24) is 15.3 Å². The molecule has 0 saturated heterocycles. The summed E-state index contributed by atoms with van der Waals surface area (Å²) in [5, 5.41) is 3.19. The highest BCUT2D eigenvalue weighted by molar-refractivity contribution is 8.00. The van der Waals surface area contributed by atoms with Crippen LogP contribution in [0.1, 0.15) is 53.2 Å². The summed E-state index contributed by atoms with van der Waals surface area (Å²) in [5.74, 6) is -0.0459. The summed E-state index contributed by atoms with van der Waals surface area (Å²) in [4.78, 5) is 30.8. The first-order valence-corrected chi connectivity index (χ1v) is 8.24. The first kappa shape index (κ1) is 17.8. The number of aryl methyl sites for hydroxylation is 1. The molecule has 0 aliphatic heterocycles. The van der Waals surface area contributed by atoms with Crippen LogP contribution in [-0.4, -0.2) is 26.7 Å². The zero-order chi connectivity index (χ0) is 16.0. The predicted molar refractivity (Wildman–Crippen MR) is 86.7 cm³/mol. The Morgan fingerprint density at radius 2 is 2.14 bits per heavy atom. The van der Waals surface area contributed by atoms with Crippen molar-refractivity contribution in [2.75, 3.05) is 0 Å². The summed E-state index contributed by atoms with van der Waals surface area (Å²) < 4.78 is 0. The van der Waals surface area contributed by atoms with E-state index in [1.54, 1.807) is 0 Å². The number of aromatic amines is 1. The third kappa shape index (κ3) is 5.91. The molecule has 118 valence electrons. The summed E-state index contributed by atoms with van der Waals surface area (Å²) >= 11 is 1.28. The Kier molecular flexibility index (Phi) is 6.45. The van der Waals surface area contributed by atoms with Gasteiger partial charge in [-0.05, 0) is 33.6 Å². The van der Waals surface area contributed by atoms with E-state index >= 15 is 0 Å². The lowest BCUT2D eigenvalue weighted by atomic mass is 10.0. The number of thioether (sulfide) groups is 1. The van der Waals surface area contributed by atoms with E-state index in [9.17, 15) is 9.59 Å². The maximum atomic E-state index is 12.2. The van der Waals surface area contributed by atoms with E-state index in [1.165, 1.54) is 17.8 Å². The Morgan fingerprint density at radius 3 is 2.71 bits per heavy atom. The third-order valence-corrected chi connectivity index (χ3v) is 4.27. The summed E-state index contributed by atoms with van der Waals surface area (Å²) in [6, 6.07) is 1.51. The topological polar surface area (TPSA) is 74.8 Å². The number of nitrogens with one attached hydrogen (secondary N) is 2. The number of amides is 1. The molecule has 0 spiro atoms. The van der Waals surface area contributed by atoms with Crippen molar-refractivity contribution in [3.8, 4) is 0 Å². The molecule has 0 aliphatic carbocycles. The van der Waals surface area contributed by atoms with Gasteiger partial charge in [0.05, 0.1) is 5.25 Å². The van der Waals surface area contributed by atoms with E-state index in [0.717, 1.165) is 25.0 Å². The van der Waals surface area contributed by atoms with Gasteiger partial charge >= 0.3 is 0 Å². The van der Waals surface area contributed by atoms with Gasteiger partial charge in [0.2, 0.25) is 5.91 Å².